The fourth-order valence-electron chi connectivity index (χ4n) is 2.89. The van der Waals surface area contributed by atoms with Crippen molar-refractivity contribution in [1.29, 1.82) is 0 Å². The van der Waals surface area contributed by atoms with Crippen molar-refractivity contribution in [3.63, 3.8) is 0 Å². The molecule has 1 atom stereocenters. The maximum atomic E-state index is 12.3. The summed E-state index contributed by atoms with van der Waals surface area (Å²) >= 11 is 0. The van der Waals surface area contributed by atoms with Crippen molar-refractivity contribution in [2.75, 3.05) is 19.0 Å². The molecule has 0 aliphatic carbocycles. The van der Waals surface area contributed by atoms with E-state index >= 15 is 0 Å². The van der Waals surface area contributed by atoms with E-state index in [1.54, 1.807) is 19.4 Å². The van der Waals surface area contributed by atoms with Crippen LogP contribution < -0.4 is 15.4 Å². The molecule has 1 aromatic heterocycles. The topological polar surface area (TPSA) is 63.2 Å². The molecule has 0 radical (unpaired) electrons. The zero-order chi connectivity index (χ0) is 19.8. The molecule has 0 aliphatic rings. The number of amides is 1. The summed E-state index contributed by atoms with van der Waals surface area (Å²) in [6.07, 6.45) is 2.45. The number of hydrogen-bond acceptors (Lipinski definition) is 4. The fraction of sp³-hybridized carbons (Fsp3) is 0.217. The summed E-state index contributed by atoms with van der Waals surface area (Å²) in [6, 6.07) is 21.8. The second-order valence-corrected chi connectivity index (χ2v) is 6.56. The Hall–Kier alpha value is -3.34. The van der Waals surface area contributed by atoms with Gasteiger partial charge in [-0.15, -0.1) is 0 Å². The van der Waals surface area contributed by atoms with Crippen LogP contribution >= 0.6 is 0 Å². The van der Waals surface area contributed by atoms with Gasteiger partial charge in [-0.1, -0.05) is 42.5 Å². The fourth-order valence-corrected chi connectivity index (χ4v) is 2.89. The maximum absolute atomic E-state index is 12.3. The van der Waals surface area contributed by atoms with Gasteiger partial charge in [-0.3, -0.25) is 4.79 Å². The van der Waals surface area contributed by atoms with E-state index in [1.807, 2.05) is 48.5 Å². The van der Waals surface area contributed by atoms with Crippen molar-refractivity contribution in [3.8, 4) is 5.75 Å². The van der Waals surface area contributed by atoms with Gasteiger partial charge in [0.2, 0.25) is 0 Å². The normalized spacial score (nSPS) is 11.5. The number of rotatable bonds is 8. The van der Waals surface area contributed by atoms with E-state index in [9.17, 15) is 4.79 Å². The van der Waals surface area contributed by atoms with Crippen LogP contribution in [0.25, 0.3) is 0 Å². The molecule has 5 nitrogen and oxygen atoms in total. The third-order valence-corrected chi connectivity index (χ3v) is 4.54. The molecule has 1 heterocycles. The largest absolute Gasteiger partial charge is 0.497 e. The number of aromatic nitrogens is 1. The average Bonchev–Trinajstić information content (AvgIpc) is 2.75. The quantitative estimate of drug-likeness (QED) is 0.618. The van der Waals surface area contributed by atoms with Gasteiger partial charge in [-0.25, -0.2) is 4.98 Å². The minimum absolute atomic E-state index is 0.159. The van der Waals surface area contributed by atoms with Gasteiger partial charge < -0.3 is 15.4 Å². The number of benzene rings is 2. The van der Waals surface area contributed by atoms with Gasteiger partial charge in [0.15, 0.2) is 0 Å². The van der Waals surface area contributed by atoms with Crippen molar-refractivity contribution >= 4 is 11.6 Å². The van der Waals surface area contributed by atoms with E-state index in [0.29, 0.717) is 12.2 Å². The number of carbonyl (C=O) groups is 1. The molecule has 1 unspecified atom stereocenters. The van der Waals surface area contributed by atoms with Crippen LogP contribution in [-0.2, 0) is 6.42 Å². The van der Waals surface area contributed by atoms with Gasteiger partial charge in [-0.2, -0.15) is 0 Å². The first-order valence-electron chi connectivity index (χ1n) is 9.34. The molecule has 3 aromatic rings. The lowest BCUT2D eigenvalue weighted by Crippen LogP contribution is -2.26. The first-order valence-corrected chi connectivity index (χ1v) is 9.34. The lowest BCUT2D eigenvalue weighted by atomic mass is 10.1. The summed E-state index contributed by atoms with van der Waals surface area (Å²) in [6.45, 7) is 2.65. The number of nitrogens with zero attached hydrogens (tertiary/aromatic N) is 1. The van der Waals surface area contributed by atoms with Gasteiger partial charge in [0.25, 0.3) is 5.91 Å². The first kappa shape index (κ1) is 19.4. The Labute approximate surface area is 165 Å². The molecule has 1 amide bonds. The molecular weight excluding hydrogens is 350 g/mol. The molecule has 0 bridgehead atoms. The smallest absolute Gasteiger partial charge is 0.269 e. The lowest BCUT2D eigenvalue weighted by molar-refractivity contribution is 0.0949. The predicted octanol–water partition coefficient (Wildman–Crippen LogP) is 4.24. The Kier molecular flexibility index (Phi) is 6.63. The Bertz CT molecular complexity index is 878. The van der Waals surface area contributed by atoms with E-state index in [0.717, 1.165) is 23.4 Å². The average molecular weight is 375 g/mol. The van der Waals surface area contributed by atoms with Crippen molar-refractivity contribution in [3.05, 3.63) is 89.7 Å². The molecule has 0 saturated heterocycles. The van der Waals surface area contributed by atoms with Crippen LogP contribution in [0.5, 0.6) is 5.75 Å². The number of pyridine rings is 1. The van der Waals surface area contributed by atoms with E-state index in [4.69, 9.17) is 4.74 Å². The summed E-state index contributed by atoms with van der Waals surface area (Å²) < 4.78 is 5.15. The number of nitrogens with one attached hydrogen (secondary N) is 2. The number of methoxy groups -OCH3 is 1. The van der Waals surface area contributed by atoms with Crippen LogP contribution in [0, 0.1) is 0 Å². The highest BCUT2D eigenvalue weighted by atomic mass is 16.5. The highest BCUT2D eigenvalue weighted by molar-refractivity contribution is 5.92. The third kappa shape index (κ3) is 5.33. The summed E-state index contributed by atoms with van der Waals surface area (Å²) in [7, 11) is 1.64. The first-order chi connectivity index (χ1) is 13.7. The van der Waals surface area contributed by atoms with Crippen molar-refractivity contribution in [1.82, 2.24) is 10.3 Å². The van der Waals surface area contributed by atoms with Gasteiger partial charge in [-0.05, 0) is 48.7 Å². The zero-order valence-electron chi connectivity index (χ0n) is 16.2. The van der Waals surface area contributed by atoms with Crippen molar-refractivity contribution < 1.29 is 9.53 Å². The second kappa shape index (κ2) is 9.55. The van der Waals surface area contributed by atoms with Gasteiger partial charge >= 0.3 is 0 Å². The second-order valence-electron chi connectivity index (χ2n) is 6.56. The van der Waals surface area contributed by atoms with Gasteiger partial charge in [0.1, 0.15) is 11.4 Å². The highest BCUT2D eigenvalue weighted by Gasteiger charge is 2.08. The van der Waals surface area contributed by atoms with Crippen molar-refractivity contribution in [2.45, 2.75) is 19.4 Å². The van der Waals surface area contributed by atoms with Crippen LogP contribution in [0.15, 0.2) is 72.9 Å². The predicted molar refractivity (Wildman–Crippen MR) is 112 cm³/mol. The molecule has 5 heteroatoms. The SMILES string of the molecule is COc1ccc(CCNC(=O)c2ccc(NC(C)c3ccccc3)cn2)cc1. The van der Waals surface area contributed by atoms with E-state index < -0.39 is 0 Å². The zero-order valence-corrected chi connectivity index (χ0v) is 16.2. The molecule has 2 N–H and O–H groups in total. The Morgan fingerprint density at radius 3 is 2.43 bits per heavy atom. The molecule has 3 rings (SSSR count). The number of carbonyl (C=O) groups excluding carboxylic acids is 1. The Morgan fingerprint density at radius 2 is 1.79 bits per heavy atom. The number of hydrogen-bond donors (Lipinski definition) is 2. The number of ether oxygens (including phenoxy) is 1. The lowest BCUT2D eigenvalue weighted by Gasteiger charge is -2.15. The van der Waals surface area contributed by atoms with Crippen LogP contribution in [-0.4, -0.2) is 24.5 Å². The standard InChI is InChI=1S/C23H25N3O2/c1-17(19-6-4-3-5-7-19)26-20-10-13-22(25-16-20)23(27)24-15-14-18-8-11-21(28-2)12-9-18/h3-13,16-17,26H,14-15H2,1-2H3,(H,24,27). The molecule has 0 saturated carbocycles. The monoisotopic (exact) mass is 375 g/mol. The molecule has 0 spiro atoms. The van der Waals surface area contributed by atoms with E-state index in [1.165, 1.54) is 5.56 Å². The Balaban J connectivity index is 1.49. The van der Waals surface area contributed by atoms with Gasteiger partial charge in [0.05, 0.1) is 19.0 Å². The molecule has 144 valence electrons. The molecule has 0 fully saturated rings. The van der Waals surface area contributed by atoms with Crippen LogP contribution in [0.1, 0.15) is 34.6 Å². The van der Waals surface area contributed by atoms with Crippen molar-refractivity contribution in [2.24, 2.45) is 0 Å². The summed E-state index contributed by atoms with van der Waals surface area (Å²) in [5.74, 6) is 0.656. The summed E-state index contributed by atoms with van der Waals surface area (Å²) in [5.41, 5.74) is 3.63. The molecule has 0 aliphatic heterocycles. The minimum Gasteiger partial charge on any atom is -0.497 e. The Morgan fingerprint density at radius 1 is 1.04 bits per heavy atom. The van der Waals surface area contributed by atoms with Crippen LogP contribution in [0.3, 0.4) is 0 Å². The van der Waals surface area contributed by atoms with Crippen LogP contribution in [0.2, 0.25) is 0 Å². The minimum atomic E-state index is -0.170. The molecular formula is C23H25N3O2. The van der Waals surface area contributed by atoms with E-state index in [-0.39, 0.29) is 11.9 Å². The van der Waals surface area contributed by atoms with Crippen LogP contribution in [0.4, 0.5) is 5.69 Å². The summed E-state index contributed by atoms with van der Waals surface area (Å²) in [4.78, 5) is 16.6. The molecule has 2 aromatic carbocycles. The highest BCUT2D eigenvalue weighted by Crippen LogP contribution is 2.18. The number of anilines is 1. The van der Waals surface area contributed by atoms with E-state index in [2.05, 4.69) is 34.7 Å². The summed E-state index contributed by atoms with van der Waals surface area (Å²) in [5, 5.41) is 6.30. The molecule has 28 heavy (non-hydrogen) atoms. The maximum Gasteiger partial charge on any atom is 0.269 e. The third-order valence-electron chi connectivity index (χ3n) is 4.54. The van der Waals surface area contributed by atoms with Gasteiger partial charge in [0, 0.05) is 12.6 Å².